The number of carbonyl (C=O) groups excluding carboxylic acids is 1. The van der Waals surface area contributed by atoms with Crippen molar-refractivity contribution in [1.29, 1.82) is 0 Å². The first kappa shape index (κ1) is 16.1. The molecule has 0 spiro atoms. The molecule has 0 N–H and O–H groups in total. The molecule has 25 heavy (non-hydrogen) atoms. The number of ether oxygens (including phenoxy) is 2. The van der Waals surface area contributed by atoms with Crippen LogP contribution in [0.3, 0.4) is 0 Å². The van der Waals surface area contributed by atoms with Crippen molar-refractivity contribution in [1.82, 2.24) is 14.5 Å². The number of pyridine rings is 1. The Hall–Kier alpha value is -2.34. The molecule has 2 aliphatic heterocycles. The van der Waals surface area contributed by atoms with Gasteiger partial charge in [0.2, 0.25) is 0 Å². The maximum absolute atomic E-state index is 12.7. The Kier molecular flexibility index (Phi) is 4.44. The summed E-state index contributed by atoms with van der Waals surface area (Å²) in [4.78, 5) is 18.7. The molecule has 6 nitrogen and oxygen atoms in total. The molecule has 2 fully saturated rings. The molecule has 2 aromatic rings. The van der Waals surface area contributed by atoms with Crippen molar-refractivity contribution < 1.29 is 14.3 Å². The van der Waals surface area contributed by atoms with Crippen molar-refractivity contribution in [2.75, 3.05) is 26.3 Å². The molecule has 132 valence electrons. The first-order chi connectivity index (χ1) is 12.2. The molecule has 4 heterocycles. The predicted octanol–water partition coefficient (Wildman–Crippen LogP) is 1.98. The van der Waals surface area contributed by atoms with Gasteiger partial charge in [0.15, 0.2) is 0 Å². The number of aryl methyl sites for hydroxylation is 1. The maximum Gasteiger partial charge on any atom is 0.270 e. The molecule has 2 aromatic heterocycles. The first-order valence-corrected chi connectivity index (χ1v) is 8.77. The monoisotopic (exact) mass is 341 g/mol. The van der Waals surface area contributed by atoms with E-state index in [1.54, 1.807) is 12.4 Å². The molecule has 1 amide bonds. The van der Waals surface area contributed by atoms with E-state index in [0.717, 1.165) is 31.0 Å². The van der Waals surface area contributed by atoms with Gasteiger partial charge in [0.1, 0.15) is 11.4 Å². The van der Waals surface area contributed by atoms with E-state index in [2.05, 4.69) is 4.98 Å². The molecule has 2 aliphatic rings. The van der Waals surface area contributed by atoms with Crippen molar-refractivity contribution in [2.45, 2.75) is 12.5 Å². The van der Waals surface area contributed by atoms with Crippen LogP contribution in [0.1, 0.15) is 16.9 Å². The SMILES string of the molecule is Cn1cccc1C(=O)N1C[C@@H]2[C@H](CCOc3cccnc3)CO[C@@H]2C1. The van der Waals surface area contributed by atoms with Gasteiger partial charge in [-0.2, -0.15) is 0 Å². The van der Waals surface area contributed by atoms with Crippen LogP contribution in [-0.4, -0.2) is 52.8 Å². The minimum atomic E-state index is 0.0934. The van der Waals surface area contributed by atoms with E-state index < -0.39 is 0 Å². The number of rotatable bonds is 5. The van der Waals surface area contributed by atoms with Crippen LogP contribution in [-0.2, 0) is 11.8 Å². The Bertz CT molecular complexity index is 731. The standard InChI is InChI=1S/C19H23N3O3/c1-21-8-3-5-17(21)19(23)22-11-16-14(13-25-18(16)12-22)6-9-24-15-4-2-7-20-10-15/h2-5,7-8,10,14,16,18H,6,9,11-13H2,1H3/t14-,16-,18-/m1/s1. The van der Waals surface area contributed by atoms with Crippen LogP contribution >= 0.6 is 0 Å². The summed E-state index contributed by atoms with van der Waals surface area (Å²) in [5.41, 5.74) is 0.733. The lowest BCUT2D eigenvalue weighted by atomic mass is 9.91. The second kappa shape index (κ2) is 6.88. The van der Waals surface area contributed by atoms with E-state index >= 15 is 0 Å². The quantitative estimate of drug-likeness (QED) is 0.834. The Morgan fingerprint density at radius 1 is 1.36 bits per heavy atom. The Morgan fingerprint density at radius 3 is 3.04 bits per heavy atom. The summed E-state index contributed by atoms with van der Waals surface area (Å²) in [5.74, 6) is 1.73. The Balaban J connectivity index is 1.32. The maximum atomic E-state index is 12.7. The fourth-order valence-corrected chi connectivity index (χ4v) is 3.87. The van der Waals surface area contributed by atoms with E-state index in [1.807, 2.05) is 47.0 Å². The van der Waals surface area contributed by atoms with Crippen LogP contribution in [0.15, 0.2) is 42.9 Å². The second-order valence-electron chi connectivity index (χ2n) is 6.84. The first-order valence-electron chi connectivity index (χ1n) is 8.77. The average Bonchev–Trinajstić information content (AvgIpc) is 3.32. The van der Waals surface area contributed by atoms with Gasteiger partial charge in [-0.1, -0.05) is 0 Å². The van der Waals surface area contributed by atoms with Crippen LogP contribution in [0, 0.1) is 11.8 Å². The average molecular weight is 341 g/mol. The van der Waals surface area contributed by atoms with Gasteiger partial charge in [-0.05, 0) is 36.6 Å². The zero-order valence-corrected chi connectivity index (χ0v) is 14.4. The van der Waals surface area contributed by atoms with Gasteiger partial charge in [-0.3, -0.25) is 9.78 Å². The van der Waals surface area contributed by atoms with Gasteiger partial charge >= 0.3 is 0 Å². The van der Waals surface area contributed by atoms with Crippen LogP contribution in [0.25, 0.3) is 0 Å². The Morgan fingerprint density at radius 2 is 2.28 bits per heavy atom. The predicted molar refractivity (Wildman–Crippen MR) is 92.4 cm³/mol. The van der Waals surface area contributed by atoms with Crippen LogP contribution < -0.4 is 4.74 Å². The van der Waals surface area contributed by atoms with Crippen molar-refractivity contribution in [3.63, 3.8) is 0 Å². The highest BCUT2D eigenvalue weighted by Crippen LogP contribution is 2.36. The third kappa shape index (κ3) is 3.26. The van der Waals surface area contributed by atoms with Crippen LogP contribution in [0.4, 0.5) is 0 Å². The van der Waals surface area contributed by atoms with E-state index in [0.29, 0.717) is 25.0 Å². The molecule has 0 aliphatic carbocycles. The largest absolute Gasteiger partial charge is 0.492 e. The highest BCUT2D eigenvalue weighted by Gasteiger charge is 2.45. The van der Waals surface area contributed by atoms with E-state index in [4.69, 9.17) is 9.47 Å². The van der Waals surface area contributed by atoms with E-state index in [9.17, 15) is 4.79 Å². The molecule has 0 saturated carbocycles. The normalized spacial score (nSPS) is 25.2. The van der Waals surface area contributed by atoms with Gasteiger partial charge < -0.3 is 18.9 Å². The molecule has 6 heteroatoms. The van der Waals surface area contributed by atoms with Crippen LogP contribution in [0.5, 0.6) is 5.75 Å². The molecule has 0 aromatic carbocycles. The lowest BCUT2D eigenvalue weighted by molar-refractivity contribution is 0.0664. The van der Waals surface area contributed by atoms with Crippen molar-refractivity contribution in [3.05, 3.63) is 48.5 Å². The number of nitrogens with zero attached hydrogens (tertiary/aromatic N) is 3. The van der Waals surface area contributed by atoms with Gasteiger partial charge in [0, 0.05) is 38.4 Å². The van der Waals surface area contributed by atoms with Crippen LogP contribution in [0.2, 0.25) is 0 Å². The topological polar surface area (TPSA) is 56.6 Å². The zero-order chi connectivity index (χ0) is 17.2. The third-order valence-corrected chi connectivity index (χ3v) is 5.28. The summed E-state index contributed by atoms with van der Waals surface area (Å²) in [6.07, 6.45) is 6.46. The molecule has 4 rings (SSSR count). The van der Waals surface area contributed by atoms with Gasteiger partial charge in [0.05, 0.1) is 25.5 Å². The lowest BCUT2D eigenvalue weighted by Crippen LogP contribution is -2.32. The molecule has 3 atom stereocenters. The second-order valence-corrected chi connectivity index (χ2v) is 6.84. The van der Waals surface area contributed by atoms with E-state index in [-0.39, 0.29) is 12.0 Å². The highest BCUT2D eigenvalue weighted by molar-refractivity contribution is 5.93. The summed E-state index contributed by atoms with van der Waals surface area (Å²) >= 11 is 0. The zero-order valence-electron chi connectivity index (χ0n) is 14.4. The summed E-state index contributed by atoms with van der Waals surface area (Å²) in [6, 6.07) is 7.56. The smallest absolute Gasteiger partial charge is 0.270 e. The van der Waals surface area contributed by atoms with Gasteiger partial charge in [-0.25, -0.2) is 0 Å². The summed E-state index contributed by atoms with van der Waals surface area (Å²) < 4.78 is 13.6. The molecular formula is C19H23N3O3. The molecule has 0 radical (unpaired) electrons. The highest BCUT2D eigenvalue weighted by atomic mass is 16.5. The summed E-state index contributed by atoms with van der Waals surface area (Å²) in [6.45, 7) is 2.87. The molecule has 2 saturated heterocycles. The summed E-state index contributed by atoms with van der Waals surface area (Å²) in [7, 11) is 1.90. The fourth-order valence-electron chi connectivity index (χ4n) is 3.87. The fraction of sp³-hybridized carbons (Fsp3) is 0.474. The number of likely N-dealkylation sites (tertiary alicyclic amines) is 1. The number of aromatic nitrogens is 2. The van der Waals surface area contributed by atoms with Crippen molar-refractivity contribution in [2.24, 2.45) is 18.9 Å². The lowest BCUT2D eigenvalue weighted by Gasteiger charge is -2.20. The van der Waals surface area contributed by atoms with E-state index in [1.165, 1.54) is 0 Å². The third-order valence-electron chi connectivity index (χ3n) is 5.28. The van der Waals surface area contributed by atoms with Gasteiger partial charge in [0.25, 0.3) is 5.91 Å². The Labute approximate surface area is 147 Å². The molecular weight excluding hydrogens is 318 g/mol. The molecule has 0 bridgehead atoms. The summed E-state index contributed by atoms with van der Waals surface area (Å²) in [5, 5.41) is 0. The number of amides is 1. The number of hydrogen-bond donors (Lipinski definition) is 0. The number of carbonyl (C=O) groups is 1. The van der Waals surface area contributed by atoms with Gasteiger partial charge in [-0.15, -0.1) is 0 Å². The minimum Gasteiger partial charge on any atom is -0.492 e. The molecule has 0 unspecified atom stereocenters. The number of fused-ring (bicyclic) bond motifs is 1. The minimum absolute atomic E-state index is 0.0934. The van der Waals surface area contributed by atoms with Crippen molar-refractivity contribution >= 4 is 5.91 Å². The number of hydrogen-bond acceptors (Lipinski definition) is 4. The van der Waals surface area contributed by atoms with Crippen molar-refractivity contribution in [3.8, 4) is 5.75 Å².